The summed E-state index contributed by atoms with van der Waals surface area (Å²) in [6.07, 6.45) is 0. The Morgan fingerprint density at radius 3 is 2.93 bits per heavy atom. The molecule has 0 fully saturated rings. The fourth-order valence-corrected chi connectivity index (χ4v) is 2.27. The summed E-state index contributed by atoms with van der Waals surface area (Å²) in [6, 6.07) is 5.39. The van der Waals surface area contributed by atoms with Crippen molar-refractivity contribution in [2.24, 2.45) is 0 Å². The average molecular weight is 259 g/mol. The summed E-state index contributed by atoms with van der Waals surface area (Å²) in [7, 11) is 1.61. The highest BCUT2D eigenvalue weighted by atomic mass is 35.5. The summed E-state index contributed by atoms with van der Waals surface area (Å²) in [5, 5.41) is 8.23. The first kappa shape index (κ1) is 10.6. The van der Waals surface area contributed by atoms with Crippen molar-refractivity contribution in [3.63, 3.8) is 0 Å². The van der Waals surface area contributed by atoms with Crippen molar-refractivity contribution in [2.75, 3.05) is 7.11 Å². The topological polar surface area (TPSA) is 37.9 Å². The number of aromatic nitrogens is 2. The predicted octanol–water partition coefficient (Wildman–Crippen LogP) is 3.53. The van der Waals surface area contributed by atoms with Gasteiger partial charge in [-0.3, -0.25) is 5.10 Å². The van der Waals surface area contributed by atoms with Gasteiger partial charge in [0, 0.05) is 5.02 Å². The summed E-state index contributed by atoms with van der Waals surface area (Å²) < 4.78 is 5.86. The van der Waals surface area contributed by atoms with Crippen LogP contribution in [0.4, 0.5) is 0 Å². The van der Waals surface area contributed by atoms with Crippen LogP contribution in [0.15, 0.2) is 18.2 Å². The van der Waals surface area contributed by atoms with Gasteiger partial charge in [-0.05, 0) is 30.4 Å². The lowest BCUT2D eigenvalue weighted by Crippen LogP contribution is -1.87. The quantitative estimate of drug-likeness (QED) is 0.838. The number of hydrogen-bond acceptors (Lipinski definition) is 4. The Hall–Kier alpha value is -0.910. The summed E-state index contributed by atoms with van der Waals surface area (Å²) in [5.41, 5.74) is 0.849. The third kappa shape index (κ3) is 2.19. The second-order valence-corrected chi connectivity index (χ2v) is 4.87. The molecule has 0 saturated heterocycles. The third-order valence-electron chi connectivity index (χ3n) is 1.83. The molecular formula is C9H7ClN2OS2. The number of halogens is 1. The number of methoxy groups -OCH3 is 1. The van der Waals surface area contributed by atoms with Crippen LogP contribution in [0.5, 0.6) is 5.75 Å². The lowest BCUT2D eigenvalue weighted by Gasteiger charge is -2.05. The Kier molecular flexibility index (Phi) is 3.04. The Labute approximate surface area is 101 Å². The van der Waals surface area contributed by atoms with Gasteiger partial charge < -0.3 is 4.74 Å². The number of hydrogen-bond donors (Lipinski definition) is 1. The molecule has 1 aromatic heterocycles. The maximum atomic E-state index is 5.92. The molecule has 0 unspecified atom stereocenters. The molecule has 0 aliphatic carbocycles. The van der Waals surface area contributed by atoms with Gasteiger partial charge in [0.2, 0.25) is 0 Å². The molecular weight excluding hydrogens is 252 g/mol. The Balaban J connectivity index is 2.59. The largest absolute Gasteiger partial charge is 0.496 e. The van der Waals surface area contributed by atoms with Crippen molar-refractivity contribution < 1.29 is 4.74 Å². The van der Waals surface area contributed by atoms with Gasteiger partial charge in [0.15, 0.2) is 3.95 Å². The first-order chi connectivity index (χ1) is 7.20. The van der Waals surface area contributed by atoms with Crippen LogP contribution in [-0.4, -0.2) is 17.3 Å². The molecule has 0 aliphatic rings. The first-order valence-electron chi connectivity index (χ1n) is 4.10. The third-order valence-corrected chi connectivity index (χ3v) is 3.19. The van der Waals surface area contributed by atoms with E-state index in [9.17, 15) is 0 Å². The molecule has 2 aromatic rings. The van der Waals surface area contributed by atoms with E-state index in [1.807, 2.05) is 12.1 Å². The van der Waals surface area contributed by atoms with Crippen molar-refractivity contribution in [3.8, 4) is 16.3 Å². The molecule has 0 amide bonds. The van der Waals surface area contributed by atoms with Crippen molar-refractivity contribution in [1.82, 2.24) is 10.2 Å². The van der Waals surface area contributed by atoms with Crippen molar-refractivity contribution in [3.05, 3.63) is 27.2 Å². The number of aromatic amines is 1. The van der Waals surface area contributed by atoms with E-state index in [1.54, 1.807) is 13.2 Å². The number of rotatable bonds is 2. The fraction of sp³-hybridized carbons (Fsp3) is 0.111. The number of H-pyrrole nitrogens is 1. The lowest BCUT2D eigenvalue weighted by atomic mass is 10.2. The fourth-order valence-electron chi connectivity index (χ4n) is 1.19. The number of nitrogens with zero attached hydrogens (tertiary/aromatic N) is 1. The summed E-state index contributed by atoms with van der Waals surface area (Å²) in [5.74, 6) is 0.733. The van der Waals surface area contributed by atoms with Gasteiger partial charge >= 0.3 is 0 Å². The van der Waals surface area contributed by atoms with Gasteiger partial charge in [-0.25, -0.2) is 0 Å². The monoisotopic (exact) mass is 258 g/mol. The van der Waals surface area contributed by atoms with Crippen LogP contribution in [-0.2, 0) is 0 Å². The molecule has 0 aliphatic heterocycles. The number of ether oxygens (including phenoxy) is 1. The van der Waals surface area contributed by atoms with E-state index in [-0.39, 0.29) is 0 Å². The highest BCUT2D eigenvalue weighted by Crippen LogP contribution is 2.33. The average Bonchev–Trinajstić information content (AvgIpc) is 2.65. The van der Waals surface area contributed by atoms with E-state index in [0.29, 0.717) is 8.98 Å². The number of benzene rings is 1. The van der Waals surface area contributed by atoms with Gasteiger partial charge in [-0.2, -0.15) is 5.10 Å². The minimum atomic E-state index is 0.632. The minimum Gasteiger partial charge on any atom is -0.496 e. The molecule has 0 spiro atoms. The molecule has 6 heteroatoms. The summed E-state index contributed by atoms with van der Waals surface area (Å²) in [4.78, 5) is 0. The van der Waals surface area contributed by atoms with Crippen LogP contribution in [0.1, 0.15) is 0 Å². The Morgan fingerprint density at radius 2 is 2.33 bits per heavy atom. The zero-order valence-electron chi connectivity index (χ0n) is 7.78. The second kappa shape index (κ2) is 4.30. The van der Waals surface area contributed by atoms with E-state index < -0.39 is 0 Å². The van der Waals surface area contributed by atoms with Crippen LogP contribution in [0.3, 0.4) is 0 Å². The maximum absolute atomic E-state index is 5.92. The zero-order chi connectivity index (χ0) is 10.8. The Bertz CT molecular complexity index is 535. The van der Waals surface area contributed by atoms with Crippen LogP contribution in [0.25, 0.3) is 10.6 Å². The van der Waals surface area contributed by atoms with Crippen molar-refractivity contribution >= 4 is 35.2 Å². The summed E-state index contributed by atoms with van der Waals surface area (Å²) >= 11 is 12.3. The second-order valence-electron chi connectivity index (χ2n) is 2.76. The highest BCUT2D eigenvalue weighted by Gasteiger charge is 2.09. The highest BCUT2D eigenvalue weighted by molar-refractivity contribution is 7.73. The molecule has 0 atom stereocenters. The standard InChI is InChI=1S/C9H7ClN2OS2/c1-13-7-3-2-5(10)4-6(7)8-11-12-9(14)15-8/h2-4H,1H3,(H,12,14). The van der Waals surface area contributed by atoms with E-state index >= 15 is 0 Å². The summed E-state index contributed by atoms with van der Waals surface area (Å²) in [6.45, 7) is 0. The van der Waals surface area contributed by atoms with Crippen LogP contribution in [0.2, 0.25) is 5.02 Å². The van der Waals surface area contributed by atoms with Crippen LogP contribution < -0.4 is 4.74 Å². The molecule has 2 rings (SSSR count). The molecule has 0 radical (unpaired) electrons. The molecule has 0 saturated carbocycles. The molecule has 3 nitrogen and oxygen atoms in total. The van der Waals surface area contributed by atoms with Crippen LogP contribution in [0, 0.1) is 3.95 Å². The Morgan fingerprint density at radius 1 is 1.53 bits per heavy atom. The van der Waals surface area contributed by atoms with Gasteiger partial charge in [-0.15, -0.1) is 0 Å². The number of nitrogens with one attached hydrogen (secondary N) is 1. The smallest absolute Gasteiger partial charge is 0.176 e. The molecule has 1 heterocycles. The van der Waals surface area contributed by atoms with E-state index in [2.05, 4.69) is 10.2 Å². The van der Waals surface area contributed by atoms with Gasteiger partial charge in [0.1, 0.15) is 10.8 Å². The minimum absolute atomic E-state index is 0.632. The van der Waals surface area contributed by atoms with E-state index in [4.69, 9.17) is 28.6 Å². The normalized spacial score (nSPS) is 10.3. The van der Waals surface area contributed by atoms with Crippen molar-refractivity contribution in [1.29, 1.82) is 0 Å². The van der Waals surface area contributed by atoms with Gasteiger partial charge in [0.25, 0.3) is 0 Å². The molecule has 15 heavy (non-hydrogen) atoms. The van der Waals surface area contributed by atoms with Crippen LogP contribution >= 0.6 is 35.2 Å². The molecule has 78 valence electrons. The lowest BCUT2D eigenvalue weighted by molar-refractivity contribution is 0.416. The van der Waals surface area contributed by atoms with Gasteiger partial charge in [-0.1, -0.05) is 22.9 Å². The molecule has 1 aromatic carbocycles. The maximum Gasteiger partial charge on any atom is 0.176 e. The molecule has 0 bridgehead atoms. The first-order valence-corrected chi connectivity index (χ1v) is 5.70. The van der Waals surface area contributed by atoms with Crippen molar-refractivity contribution in [2.45, 2.75) is 0 Å². The van der Waals surface area contributed by atoms with E-state index in [0.717, 1.165) is 16.3 Å². The molecule has 1 N–H and O–H groups in total. The van der Waals surface area contributed by atoms with E-state index in [1.165, 1.54) is 11.3 Å². The predicted molar refractivity (Wildman–Crippen MR) is 64.3 cm³/mol. The SMILES string of the molecule is COc1ccc(Cl)cc1-c1n[nH]c(=S)s1. The zero-order valence-corrected chi connectivity index (χ0v) is 10.2. The van der Waals surface area contributed by atoms with Gasteiger partial charge in [0.05, 0.1) is 12.7 Å².